The number of nitrogens with one attached hydrogen (secondary N) is 1. The second kappa shape index (κ2) is 8.79. The van der Waals surface area contributed by atoms with Crippen molar-refractivity contribution in [2.24, 2.45) is 0 Å². The molecular weight excluding hydrogens is 443 g/mol. The number of hydrogen-bond acceptors (Lipinski definition) is 5. The van der Waals surface area contributed by atoms with Crippen LogP contribution in [-0.2, 0) is 11.4 Å². The normalized spacial score (nSPS) is 14.8. The first-order chi connectivity index (χ1) is 15.0. The summed E-state index contributed by atoms with van der Waals surface area (Å²) in [6, 6.07) is 14.4. The molecule has 158 valence electrons. The monoisotopic (exact) mass is 458 g/mol. The van der Waals surface area contributed by atoms with Gasteiger partial charge in [-0.15, -0.1) is 0 Å². The third kappa shape index (κ3) is 4.40. The minimum absolute atomic E-state index is 0.0850. The van der Waals surface area contributed by atoms with Crippen LogP contribution in [0.25, 0.3) is 6.08 Å². The number of rotatable bonds is 6. The van der Waals surface area contributed by atoms with Gasteiger partial charge in [0.25, 0.3) is 5.91 Å². The molecule has 0 atom stereocenters. The van der Waals surface area contributed by atoms with Crippen LogP contribution in [0.1, 0.15) is 11.5 Å². The Morgan fingerprint density at radius 3 is 2.77 bits per heavy atom. The molecule has 0 saturated carbocycles. The molecule has 0 bridgehead atoms. The van der Waals surface area contributed by atoms with E-state index in [9.17, 15) is 9.18 Å². The number of anilines is 1. The number of para-hydroxylation sites is 2. The van der Waals surface area contributed by atoms with E-state index in [0.29, 0.717) is 28.7 Å². The maximum absolute atomic E-state index is 13.1. The predicted molar refractivity (Wildman–Crippen MR) is 119 cm³/mol. The van der Waals surface area contributed by atoms with Gasteiger partial charge in [-0.2, -0.15) is 0 Å². The van der Waals surface area contributed by atoms with E-state index < -0.39 is 5.82 Å². The van der Waals surface area contributed by atoms with E-state index >= 15 is 0 Å². The highest BCUT2D eigenvalue weighted by Gasteiger charge is 2.33. The van der Waals surface area contributed by atoms with E-state index in [2.05, 4.69) is 5.32 Å². The predicted octanol–water partition coefficient (Wildman–Crippen LogP) is 4.92. The standard InChI is InChI=1S/C22H16ClFN2O4S/c1-28-20-5-3-2-4-18(20)26-21(27)17(25-22(26)31)11-14-7-8-15(30-14)12-29-19-9-6-13(24)10-16(19)23/h2-11H,12H2,1H3,(H,25,31)/b17-11+. The van der Waals surface area contributed by atoms with Crippen LogP contribution in [0.5, 0.6) is 11.5 Å². The van der Waals surface area contributed by atoms with Gasteiger partial charge in [-0.25, -0.2) is 9.29 Å². The lowest BCUT2D eigenvalue weighted by Crippen LogP contribution is -2.30. The second-order valence-electron chi connectivity index (χ2n) is 6.47. The number of furan rings is 1. The highest BCUT2D eigenvalue weighted by molar-refractivity contribution is 7.80. The van der Waals surface area contributed by atoms with E-state index in [-0.39, 0.29) is 28.3 Å². The van der Waals surface area contributed by atoms with Crippen LogP contribution in [-0.4, -0.2) is 18.1 Å². The van der Waals surface area contributed by atoms with E-state index in [1.54, 1.807) is 36.4 Å². The largest absolute Gasteiger partial charge is 0.495 e. The van der Waals surface area contributed by atoms with Crippen molar-refractivity contribution in [3.05, 3.63) is 82.7 Å². The van der Waals surface area contributed by atoms with Gasteiger partial charge in [0, 0.05) is 6.08 Å². The Labute approximate surface area is 187 Å². The summed E-state index contributed by atoms with van der Waals surface area (Å²) < 4.78 is 29.7. The lowest BCUT2D eigenvalue weighted by Gasteiger charge is -2.17. The highest BCUT2D eigenvalue weighted by Crippen LogP contribution is 2.31. The molecule has 9 heteroatoms. The molecule has 2 aromatic carbocycles. The van der Waals surface area contributed by atoms with Crippen molar-refractivity contribution in [3.63, 3.8) is 0 Å². The summed E-state index contributed by atoms with van der Waals surface area (Å²) in [5, 5.41) is 3.31. The minimum Gasteiger partial charge on any atom is -0.495 e. The topological polar surface area (TPSA) is 63.9 Å². The molecule has 31 heavy (non-hydrogen) atoms. The Morgan fingerprint density at radius 1 is 1.19 bits per heavy atom. The molecule has 3 aromatic rings. The van der Waals surface area contributed by atoms with Crippen molar-refractivity contribution in [1.29, 1.82) is 0 Å². The Bertz CT molecular complexity index is 1190. The zero-order valence-corrected chi connectivity index (χ0v) is 17.8. The number of methoxy groups -OCH3 is 1. The maximum atomic E-state index is 13.1. The number of hydrogen-bond donors (Lipinski definition) is 1. The van der Waals surface area contributed by atoms with Crippen molar-refractivity contribution in [2.45, 2.75) is 6.61 Å². The van der Waals surface area contributed by atoms with Crippen molar-refractivity contribution in [1.82, 2.24) is 5.32 Å². The molecule has 1 aliphatic rings. The zero-order valence-electron chi connectivity index (χ0n) is 16.2. The molecule has 6 nitrogen and oxygen atoms in total. The Hall–Kier alpha value is -3.36. The molecule has 1 aromatic heterocycles. The van der Waals surface area contributed by atoms with Crippen LogP contribution in [0, 0.1) is 5.82 Å². The molecule has 2 heterocycles. The average molecular weight is 459 g/mol. The van der Waals surface area contributed by atoms with Crippen molar-refractivity contribution in [3.8, 4) is 11.5 Å². The quantitative estimate of drug-likeness (QED) is 0.418. The summed E-state index contributed by atoms with van der Waals surface area (Å²) in [4.78, 5) is 14.3. The third-order valence-electron chi connectivity index (χ3n) is 4.44. The van der Waals surface area contributed by atoms with Gasteiger partial charge >= 0.3 is 0 Å². The van der Waals surface area contributed by atoms with Gasteiger partial charge < -0.3 is 19.2 Å². The number of thiocarbonyl (C=S) groups is 1. The zero-order chi connectivity index (χ0) is 22.0. The van der Waals surface area contributed by atoms with Crippen LogP contribution in [0.4, 0.5) is 10.1 Å². The molecule has 1 fully saturated rings. The summed E-state index contributed by atoms with van der Waals surface area (Å²) >= 11 is 11.3. The van der Waals surface area contributed by atoms with Crippen molar-refractivity contribution >= 4 is 46.6 Å². The number of carbonyl (C=O) groups is 1. The average Bonchev–Trinajstić information content (AvgIpc) is 3.31. The van der Waals surface area contributed by atoms with Crippen LogP contribution in [0.15, 0.2) is 64.7 Å². The number of benzene rings is 2. The summed E-state index contributed by atoms with van der Waals surface area (Å²) in [5.41, 5.74) is 0.805. The van der Waals surface area contributed by atoms with E-state index in [1.807, 2.05) is 6.07 Å². The van der Waals surface area contributed by atoms with Gasteiger partial charge in [-0.1, -0.05) is 23.7 Å². The lowest BCUT2D eigenvalue weighted by molar-refractivity contribution is -0.113. The van der Waals surface area contributed by atoms with Gasteiger partial charge in [0.15, 0.2) is 5.11 Å². The second-order valence-corrected chi connectivity index (χ2v) is 7.26. The van der Waals surface area contributed by atoms with E-state index in [1.165, 1.54) is 30.2 Å². The fourth-order valence-electron chi connectivity index (χ4n) is 3.00. The van der Waals surface area contributed by atoms with Crippen molar-refractivity contribution in [2.75, 3.05) is 12.0 Å². The first-order valence-corrected chi connectivity index (χ1v) is 9.91. The summed E-state index contributed by atoms with van der Waals surface area (Å²) in [6.07, 6.45) is 1.55. The molecule has 0 radical (unpaired) electrons. The molecule has 1 aliphatic heterocycles. The number of ether oxygens (including phenoxy) is 2. The van der Waals surface area contributed by atoms with Gasteiger partial charge in [0.05, 0.1) is 17.8 Å². The Morgan fingerprint density at radius 2 is 2.00 bits per heavy atom. The highest BCUT2D eigenvalue weighted by atomic mass is 35.5. The SMILES string of the molecule is COc1ccccc1N1C(=O)/C(=C\c2ccc(COc3ccc(F)cc3Cl)o2)NC1=S. The summed E-state index contributed by atoms with van der Waals surface area (Å²) in [6.45, 7) is 0.0850. The maximum Gasteiger partial charge on any atom is 0.281 e. The number of nitrogens with zero attached hydrogens (tertiary/aromatic N) is 1. The van der Waals surface area contributed by atoms with E-state index in [4.69, 9.17) is 37.7 Å². The Kier molecular flexibility index (Phi) is 5.92. The lowest BCUT2D eigenvalue weighted by atomic mass is 10.2. The molecule has 0 unspecified atom stereocenters. The smallest absolute Gasteiger partial charge is 0.281 e. The van der Waals surface area contributed by atoms with Gasteiger partial charge in [-0.05, 0) is 54.7 Å². The minimum atomic E-state index is -0.446. The van der Waals surface area contributed by atoms with Crippen LogP contribution in [0.3, 0.4) is 0 Å². The van der Waals surface area contributed by atoms with Gasteiger partial charge in [-0.3, -0.25) is 4.79 Å². The molecule has 1 N–H and O–H groups in total. The van der Waals surface area contributed by atoms with Crippen LogP contribution >= 0.6 is 23.8 Å². The molecular formula is C22H16ClFN2O4S. The molecule has 0 aliphatic carbocycles. The van der Waals surface area contributed by atoms with Gasteiger partial charge in [0.1, 0.15) is 41.1 Å². The molecule has 0 spiro atoms. The molecule has 1 amide bonds. The number of halogens is 2. The molecule has 4 rings (SSSR count). The van der Waals surface area contributed by atoms with Crippen LogP contribution in [0.2, 0.25) is 5.02 Å². The van der Waals surface area contributed by atoms with Crippen LogP contribution < -0.4 is 19.7 Å². The number of carbonyl (C=O) groups excluding carboxylic acids is 1. The number of amides is 1. The summed E-state index contributed by atoms with van der Waals surface area (Å²) in [5.74, 6) is 1.02. The fraction of sp³-hybridized carbons (Fsp3) is 0.0909. The first-order valence-electron chi connectivity index (χ1n) is 9.13. The third-order valence-corrected chi connectivity index (χ3v) is 5.02. The fourth-order valence-corrected chi connectivity index (χ4v) is 3.51. The summed E-state index contributed by atoms with van der Waals surface area (Å²) in [7, 11) is 1.53. The molecule has 1 saturated heterocycles. The van der Waals surface area contributed by atoms with Crippen molar-refractivity contribution < 1.29 is 23.1 Å². The van der Waals surface area contributed by atoms with Gasteiger partial charge in [0.2, 0.25) is 0 Å². The van der Waals surface area contributed by atoms with E-state index in [0.717, 1.165) is 0 Å². The Balaban J connectivity index is 1.49. The first kappa shape index (κ1) is 20.9.